The molecule has 5 heteroatoms. The van der Waals surface area contributed by atoms with Gasteiger partial charge in [-0.25, -0.2) is 9.97 Å². The summed E-state index contributed by atoms with van der Waals surface area (Å²) in [5.41, 5.74) is 0. The van der Waals surface area contributed by atoms with Crippen molar-refractivity contribution in [3.8, 4) is 0 Å². The van der Waals surface area contributed by atoms with Crippen molar-refractivity contribution >= 4 is 11.6 Å². The zero-order valence-electron chi connectivity index (χ0n) is 10.9. The second-order valence-corrected chi connectivity index (χ2v) is 3.91. The summed E-state index contributed by atoms with van der Waals surface area (Å²) >= 11 is 0. The molecule has 0 aliphatic heterocycles. The van der Waals surface area contributed by atoms with Crippen molar-refractivity contribution in [2.75, 3.05) is 43.1 Å². The second kappa shape index (κ2) is 7.06. The van der Waals surface area contributed by atoms with Gasteiger partial charge in [0.25, 0.3) is 0 Å². The number of rotatable bonds is 7. The predicted octanol–water partition coefficient (Wildman–Crippen LogP) is 1.14. The minimum absolute atomic E-state index is 0.207. The van der Waals surface area contributed by atoms with E-state index in [1.54, 1.807) is 6.33 Å². The van der Waals surface area contributed by atoms with Gasteiger partial charge in [-0.05, 0) is 20.3 Å². The average Bonchev–Trinajstić information content (AvgIpc) is 2.38. The molecule has 0 aromatic carbocycles. The SMILES string of the molecule is CCN(CC)c1cc(N(C)CCCO)ncn1. The highest BCUT2D eigenvalue weighted by atomic mass is 16.3. The summed E-state index contributed by atoms with van der Waals surface area (Å²) in [7, 11) is 1.98. The second-order valence-electron chi connectivity index (χ2n) is 3.91. The highest BCUT2D eigenvalue weighted by Crippen LogP contribution is 2.16. The molecule has 0 spiro atoms. The third-order valence-electron chi connectivity index (χ3n) is 2.77. The molecule has 96 valence electrons. The Hall–Kier alpha value is -1.36. The highest BCUT2D eigenvalue weighted by Gasteiger charge is 2.07. The Morgan fingerprint density at radius 3 is 2.41 bits per heavy atom. The Balaban J connectivity index is 2.77. The van der Waals surface area contributed by atoms with E-state index >= 15 is 0 Å². The molecule has 0 fully saturated rings. The molecule has 0 aliphatic carbocycles. The summed E-state index contributed by atoms with van der Waals surface area (Å²) < 4.78 is 0. The van der Waals surface area contributed by atoms with E-state index in [2.05, 4.69) is 28.7 Å². The Kier molecular flexibility index (Phi) is 5.69. The van der Waals surface area contributed by atoms with Crippen LogP contribution < -0.4 is 9.80 Å². The molecular weight excluding hydrogens is 216 g/mol. The van der Waals surface area contributed by atoms with E-state index in [1.807, 2.05) is 18.0 Å². The van der Waals surface area contributed by atoms with Crippen molar-refractivity contribution in [1.29, 1.82) is 0 Å². The molecule has 0 bridgehead atoms. The molecular formula is C12H22N4O. The monoisotopic (exact) mass is 238 g/mol. The highest BCUT2D eigenvalue weighted by molar-refractivity contribution is 5.49. The van der Waals surface area contributed by atoms with Crippen molar-refractivity contribution < 1.29 is 5.11 Å². The number of nitrogens with zero attached hydrogens (tertiary/aromatic N) is 4. The molecule has 1 aromatic rings. The topological polar surface area (TPSA) is 52.5 Å². The quantitative estimate of drug-likeness (QED) is 0.772. The average molecular weight is 238 g/mol. The third kappa shape index (κ3) is 3.85. The molecule has 0 atom stereocenters. The van der Waals surface area contributed by atoms with Crippen LogP contribution in [0.15, 0.2) is 12.4 Å². The fraction of sp³-hybridized carbons (Fsp3) is 0.667. The molecule has 5 nitrogen and oxygen atoms in total. The molecule has 1 aromatic heterocycles. The Morgan fingerprint density at radius 1 is 1.18 bits per heavy atom. The molecule has 1 heterocycles. The van der Waals surface area contributed by atoms with Gasteiger partial charge in [-0.2, -0.15) is 0 Å². The number of aromatic nitrogens is 2. The van der Waals surface area contributed by atoms with Crippen molar-refractivity contribution in [3.63, 3.8) is 0 Å². The molecule has 0 amide bonds. The van der Waals surface area contributed by atoms with Crippen LogP contribution in [0.3, 0.4) is 0 Å². The fourth-order valence-electron chi connectivity index (χ4n) is 1.69. The van der Waals surface area contributed by atoms with Crippen LogP contribution in [0.25, 0.3) is 0 Å². The van der Waals surface area contributed by atoms with Crippen molar-refractivity contribution in [1.82, 2.24) is 9.97 Å². The normalized spacial score (nSPS) is 10.4. The van der Waals surface area contributed by atoms with Crippen LogP contribution in [0.1, 0.15) is 20.3 Å². The van der Waals surface area contributed by atoms with E-state index in [9.17, 15) is 0 Å². The zero-order chi connectivity index (χ0) is 12.7. The van der Waals surface area contributed by atoms with Crippen LogP contribution in [-0.2, 0) is 0 Å². The van der Waals surface area contributed by atoms with E-state index in [-0.39, 0.29) is 6.61 Å². The van der Waals surface area contributed by atoms with Crippen LogP contribution in [0.5, 0.6) is 0 Å². The van der Waals surface area contributed by atoms with Crippen LogP contribution in [0.2, 0.25) is 0 Å². The molecule has 1 N–H and O–H groups in total. The van der Waals surface area contributed by atoms with E-state index in [1.165, 1.54) is 0 Å². The van der Waals surface area contributed by atoms with Crippen LogP contribution in [-0.4, -0.2) is 48.4 Å². The van der Waals surface area contributed by atoms with Crippen LogP contribution >= 0.6 is 0 Å². The summed E-state index contributed by atoms with van der Waals surface area (Å²) in [5.74, 6) is 1.85. The maximum Gasteiger partial charge on any atom is 0.134 e. The van der Waals surface area contributed by atoms with Gasteiger partial charge in [0, 0.05) is 39.4 Å². The van der Waals surface area contributed by atoms with Gasteiger partial charge < -0.3 is 14.9 Å². The van der Waals surface area contributed by atoms with Crippen LogP contribution in [0.4, 0.5) is 11.6 Å². The first-order valence-corrected chi connectivity index (χ1v) is 6.11. The largest absolute Gasteiger partial charge is 0.396 e. The third-order valence-corrected chi connectivity index (χ3v) is 2.77. The molecule has 0 saturated carbocycles. The summed E-state index contributed by atoms with van der Waals surface area (Å²) in [6.45, 7) is 7.10. The van der Waals surface area contributed by atoms with Gasteiger partial charge in [0.2, 0.25) is 0 Å². The molecule has 0 unspecified atom stereocenters. The van der Waals surface area contributed by atoms with Gasteiger partial charge in [0.05, 0.1) is 0 Å². The predicted molar refractivity (Wildman–Crippen MR) is 70.6 cm³/mol. The Bertz CT molecular complexity index is 328. The lowest BCUT2D eigenvalue weighted by atomic mass is 10.4. The summed E-state index contributed by atoms with van der Waals surface area (Å²) in [6, 6.07) is 1.99. The minimum atomic E-state index is 0.207. The van der Waals surface area contributed by atoms with Gasteiger partial charge in [-0.1, -0.05) is 0 Å². The first-order chi connectivity index (χ1) is 8.22. The van der Waals surface area contributed by atoms with E-state index in [0.717, 1.165) is 37.7 Å². The Morgan fingerprint density at radius 2 is 1.82 bits per heavy atom. The number of anilines is 2. The standard InChI is InChI=1S/C12H22N4O/c1-4-16(5-2)12-9-11(13-10-14-12)15(3)7-6-8-17/h9-10,17H,4-8H2,1-3H3. The smallest absolute Gasteiger partial charge is 0.134 e. The summed E-state index contributed by atoms with van der Waals surface area (Å²) in [6.07, 6.45) is 2.35. The molecule has 0 aliphatic rings. The first kappa shape index (κ1) is 13.7. The van der Waals surface area contributed by atoms with Gasteiger partial charge in [-0.15, -0.1) is 0 Å². The molecule has 0 radical (unpaired) electrons. The lowest BCUT2D eigenvalue weighted by molar-refractivity contribution is 0.290. The van der Waals surface area contributed by atoms with Crippen molar-refractivity contribution in [2.24, 2.45) is 0 Å². The van der Waals surface area contributed by atoms with Gasteiger partial charge in [0.15, 0.2) is 0 Å². The lowest BCUT2D eigenvalue weighted by Crippen LogP contribution is -2.25. The number of aliphatic hydroxyl groups excluding tert-OH is 1. The zero-order valence-corrected chi connectivity index (χ0v) is 10.9. The Labute approximate surface area is 103 Å². The number of aliphatic hydroxyl groups is 1. The summed E-state index contributed by atoms with van der Waals surface area (Å²) in [4.78, 5) is 12.8. The van der Waals surface area contributed by atoms with Gasteiger partial charge in [-0.3, -0.25) is 0 Å². The lowest BCUT2D eigenvalue weighted by Gasteiger charge is -2.22. The maximum atomic E-state index is 8.81. The van der Waals surface area contributed by atoms with Gasteiger partial charge >= 0.3 is 0 Å². The number of hydrogen-bond donors (Lipinski definition) is 1. The summed E-state index contributed by atoms with van der Waals surface area (Å²) in [5, 5.41) is 8.81. The molecule has 0 saturated heterocycles. The first-order valence-electron chi connectivity index (χ1n) is 6.11. The van der Waals surface area contributed by atoms with E-state index < -0.39 is 0 Å². The molecule has 17 heavy (non-hydrogen) atoms. The minimum Gasteiger partial charge on any atom is -0.396 e. The fourth-order valence-corrected chi connectivity index (χ4v) is 1.69. The maximum absolute atomic E-state index is 8.81. The van der Waals surface area contributed by atoms with Crippen molar-refractivity contribution in [2.45, 2.75) is 20.3 Å². The van der Waals surface area contributed by atoms with Crippen LogP contribution in [0, 0.1) is 0 Å². The van der Waals surface area contributed by atoms with E-state index in [4.69, 9.17) is 5.11 Å². The molecule has 1 rings (SSSR count). The van der Waals surface area contributed by atoms with E-state index in [0.29, 0.717) is 0 Å². The number of hydrogen-bond acceptors (Lipinski definition) is 5. The van der Waals surface area contributed by atoms with Crippen molar-refractivity contribution in [3.05, 3.63) is 12.4 Å². The van der Waals surface area contributed by atoms with Gasteiger partial charge in [0.1, 0.15) is 18.0 Å².